The fourth-order valence-corrected chi connectivity index (χ4v) is 1.40. The Hall–Kier alpha value is -2.00. The van der Waals surface area contributed by atoms with E-state index in [1.54, 1.807) is 0 Å². The van der Waals surface area contributed by atoms with E-state index in [0.29, 0.717) is 5.56 Å². The molecule has 0 saturated heterocycles. The van der Waals surface area contributed by atoms with Crippen LogP contribution < -0.4 is 11.1 Å². The molecule has 1 aromatic carbocycles. The van der Waals surface area contributed by atoms with E-state index in [4.69, 9.17) is 12.2 Å². The van der Waals surface area contributed by atoms with Crippen LogP contribution in [0.5, 0.6) is 0 Å². The van der Waals surface area contributed by atoms with Gasteiger partial charge in [-0.3, -0.25) is 4.79 Å². The van der Waals surface area contributed by atoms with Crippen LogP contribution in [0.1, 0.15) is 17.5 Å². The normalized spacial score (nSPS) is 12.6. The molecule has 0 aliphatic rings. The summed E-state index contributed by atoms with van der Waals surface area (Å²) in [7, 11) is 0. The summed E-state index contributed by atoms with van der Waals surface area (Å²) in [5.41, 5.74) is 5.04. The smallest absolute Gasteiger partial charge is 0.351 e. The van der Waals surface area contributed by atoms with Gasteiger partial charge in [-0.25, -0.2) is 0 Å². The third-order valence-electron chi connectivity index (χ3n) is 2.40. The number of halogens is 3. The molecule has 19 heavy (non-hydrogen) atoms. The Morgan fingerprint density at radius 1 is 1.47 bits per heavy atom. The minimum atomic E-state index is -4.40. The van der Waals surface area contributed by atoms with E-state index in [-0.39, 0.29) is 13.0 Å². The molecule has 102 valence electrons. The first-order chi connectivity index (χ1) is 8.84. The van der Waals surface area contributed by atoms with Gasteiger partial charge < -0.3 is 11.1 Å². The summed E-state index contributed by atoms with van der Waals surface area (Å²) in [6.45, 7) is -0.0268. The van der Waals surface area contributed by atoms with E-state index in [1.165, 1.54) is 12.1 Å². The molecular weight excluding hydrogens is 257 g/mol. The molecule has 3 N–H and O–H groups in total. The summed E-state index contributed by atoms with van der Waals surface area (Å²) < 4.78 is 37.4. The fourth-order valence-electron chi connectivity index (χ4n) is 1.40. The lowest BCUT2D eigenvalue weighted by Crippen LogP contribution is -2.39. The molecule has 1 aromatic rings. The fraction of sp³-hybridized carbons (Fsp3) is 0.308. The van der Waals surface area contributed by atoms with Crippen LogP contribution in [0, 0.1) is 12.3 Å². The van der Waals surface area contributed by atoms with E-state index < -0.39 is 23.7 Å². The SMILES string of the molecule is C#CCC(N)C(=O)NCc1cccc(C(F)(F)F)c1. The van der Waals surface area contributed by atoms with Crippen LogP contribution in [0.15, 0.2) is 24.3 Å². The highest BCUT2D eigenvalue weighted by Crippen LogP contribution is 2.29. The number of alkyl halides is 3. The molecule has 1 atom stereocenters. The quantitative estimate of drug-likeness (QED) is 0.818. The Bertz CT molecular complexity index is 491. The largest absolute Gasteiger partial charge is 0.416 e. The molecule has 0 bridgehead atoms. The highest BCUT2D eigenvalue weighted by atomic mass is 19.4. The average Bonchev–Trinajstić information content (AvgIpc) is 2.35. The Labute approximate surface area is 109 Å². The number of hydrogen-bond acceptors (Lipinski definition) is 2. The lowest BCUT2D eigenvalue weighted by Gasteiger charge is -2.11. The average molecular weight is 270 g/mol. The maximum absolute atomic E-state index is 12.5. The first-order valence-electron chi connectivity index (χ1n) is 5.47. The van der Waals surface area contributed by atoms with Gasteiger partial charge >= 0.3 is 6.18 Å². The minimum Gasteiger partial charge on any atom is -0.351 e. The van der Waals surface area contributed by atoms with Gasteiger partial charge in [-0.05, 0) is 17.7 Å². The summed E-state index contributed by atoms with van der Waals surface area (Å²) in [6.07, 6.45) is 0.682. The van der Waals surface area contributed by atoms with Gasteiger partial charge in [-0.2, -0.15) is 13.2 Å². The van der Waals surface area contributed by atoms with E-state index in [1.807, 2.05) is 0 Å². The van der Waals surface area contributed by atoms with Crippen molar-refractivity contribution in [3.05, 3.63) is 35.4 Å². The second-order valence-electron chi connectivity index (χ2n) is 3.93. The number of benzene rings is 1. The van der Waals surface area contributed by atoms with Crippen LogP contribution in [0.4, 0.5) is 13.2 Å². The summed E-state index contributed by atoms with van der Waals surface area (Å²) in [5, 5.41) is 2.44. The second kappa shape index (κ2) is 6.25. The molecule has 1 amide bonds. The molecule has 1 rings (SSSR count). The van der Waals surface area contributed by atoms with Gasteiger partial charge in [0.05, 0.1) is 11.6 Å². The molecule has 1 unspecified atom stereocenters. The summed E-state index contributed by atoms with van der Waals surface area (Å²) >= 11 is 0. The van der Waals surface area contributed by atoms with Gasteiger partial charge in [0, 0.05) is 13.0 Å². The molecule has 0 fully saturated rings. The predicted molar refractivity (Wildman–Crippen MR) is 64.7 cm³/mol. The van der Waals surface area contributed by atoms with Gasteiger partial charge in [0.15, 0.2) is 0 Å². The Morgan fingerprint density at radius 2 is 2.16 bits per heavy atom. The molecule has 0 saturated carbocycles. The number of terminal acetylenes is 1. The topological polar surface area (TPSA) is 55.1 Å². The van der Waals surface area contributed by atoms with Crippen LogP contribution in [-0.2, 0) is 17.5 Å². The van der Waals surface area contributed by atoms with Crippen LogP contribution in [0.3, 0.4) is 0 Å². The number of amides is 1. The van der Waals surface area contributed by atoms with E-state index >= 15 is 0 Å². The number of nitrogens with one attached hydrogen (secondary N) is 1. The van der Waals surface area contributed by atoms with Crippen molar-refractivity contribution in [2.45, 2.75) is 25.2 Å². The third-order valence-corrected chi connectivity index (χ3v) is 2.40. The van der Waals surface area contributed by atoms with Crippen molar-refractivity contribution in [3.63, 3.8) is 0 Å². The zero-order valence-electron chi connectivity index (χ0n) is 10.00. The van der Waals surface area contributed by atoms with Gasteiger partial charge in [-0.1, -0.05) is 12.1 Å². The molecule has 0 heterocycles. The van der Waals surface area contributed by atoms with E-state index in [2.05, 4.69) is 11.2 Å². The first-order valence-corrected chi connectivity index (χ1v) is 5.47. The van der Waals surface area contributed by atoms with Crippen molar-refractivity contribution >= 4 is 5.91 Å². The Balaban J connectivity index is 2.64. The highest BCUT2D eigenvalue weighted by molar-refractivity contribution is 5.81. The molecule has 0 spiro atoms. The van der Waals surface area contributed by atoms with Crippen molar-refractivity contribution in [2.24, 2.45) is 5.73 Å². The Morgan fingerprint density at radius 3 is 2.74 bits per heavy atom. The van der Waals surface area contributed by atoms with Crippen LogP contribution in [0.2, 0.25) is 0 Å². The molecule has 3 nitrogen and oxygen atoms in total. The lowest BCUT2D eigenvalue weighted by molar-refractivity contribution is -0.137. The number of hydrogen-bond donors (Lipinski definition) is 2. The van der Waals surface area contributed by atoms with Crippen molar-refractivity contribution in [2.75, 3.05) is 0 Å². The first kappa shape index (κ1) is 15.1. The number of rotatable bonds is 4. The van der Waals surface area contributed by atoms with Crippen molar-refractivity contribution in [1.82, 2.24) is 5.32 Å². The van der Waals surface area contributed by atoms with Gasteiger partial charge in [0.25, 0.3) is 0 Å². The van der Waals surface area contributed by atoms with Crippen molar-refractivity contribution in [3.8, 4) is 12.3 Å². The van der Waals surface area contributed by atoms with Crippen LogP contribution in [0.25, 0.3) is 0 Å². The summed E-state index contributed by atoms with van der Waals surface area (Å²) in [5.74, 6) is 1.75. The summed E-state index contributed by atoms with van der Waals surface area (Å²) in [6, 6.07) is 3.87. The van der Waals surface area contributed by atoms with Gasteiger partial charge in [0.1, 0.15) is 0 Å². The zero-order valence-corrected chi connectivity index (χ0v) is 10.00. The second-order valence-corrected chi connectivity index (χ2v) is 3.93. The Kier molecular flexibility index (Phi) is 4.95. The van der Waals surface area contributed by atoms with Crippen LogP contribution >= 0.6 is 0 Å². The van der Waals surface area contributed by atoms with E-state index in [9.17, 15) is 18.0 Å². The molecule has 0 radical (unpaired) electrons. The number of carbonyl (C=O) groups excluding carboxylic acids is 1. The summed E-state index contributed by atoms with van der Waals surface area (Å²) in [4.78, 5) is 11.4. The maximum atomic E-state index is 12.5. The van der Waals surface area contributed by atoms with Gasteiger partial charge in [0.2, 0.25) is 5.91 Å². The molecule has 0 aromatic heterocycles. The van der Waals surface area contributed by atoms with Crippen molar-refractivity contribution < 1.29 is 18.0 Å². The number of nitrogens with two attached hydrogens (primary N) is 1. The predicted octanol–water partition coefficient (Wildman–Crippen LogP) is 1.67. The van der Waals surface area contributed by atoms with Crippen molar-refractivity contribution in [1.29, 1.82) is 0 Å². The molecule has 0 aliphatic carbocycles. The third kappa shape index (κ3) is 4.64. The molecule has 6 heteroatoms. The maximum Gasteiger partial charge on any atom is 0.416 e. The van der Waals surface area contributed by atoms with E-state index in [0.717, 1.165) is 12.1 Å². The highest BCUT2D eigenvalue weighted by Gasteiger charge is 2.30. The minimum absolute atomic E-state index is 0.0268. The molecule has 0 aliphatic heterocycles. The number of carbonyl (C=O) groups is 1. The van der Waals surface area contributed by atoms with Crippen LogP contribution in [-0.4, -0.2) is 11.9 Å². The van der Waals surface area contributed by atoms with Gasteiger partial charge in [-0.15, -0.1) is 12.3 Å². The zero-order chi connectivity index (χ0) is 14.5. The monoisotopic (exact) mass is 270 g/mol. The standard InChI is InChI=1S/C13H13F3N2O/c1-2-4-11(17)12(19)18-8-9-5-3-6-10(7-9)13(14,15)16/h1,3,5-7,11H,4,8,17H2,(H,18,19). The lowest BCUT2D eigenvalue weighted by atomic mass is 10.1. The molecular formula is C13H13F3N2O.